The summed E-state index contributed by atoms with van der Waals surface area (Å²) in [6.45, 7) is 0.462. The normalized spacial score (nSPS) is 18.0. The molecule has 1 fully saturated rings. The van der Waals surface area contributed by atoms with Crippen LogP contribution in [0.1, 0.15) is 19.3 Å². The van der Waals surface area contributed by atoms with Gasteiger partial charge in [-0.1, -0.05) is 0 Å². The first kappa shape index (κ1) is 13.5. The van der Waals surface area contributed by atoms with Crippen molar-refractivity contribution in [3.63, 3.8) is 0 Å². The van der Waals surface area contributed by atoms with Crippen LogP contribution >= 0.6 is 0 Å². The van der Waals surface area contributed by atoms with E-state index in [1.807, 2.05) is 0 Å². The number of benzene rings is 1. The summed E-state index contributed by atoms with van der Waals surface area (Å²) in [4.78, 5) is 23.7. The molecule has 1 N–H and O–H groups in total. The minimum atomic E-state index is -1.05. The van der Waals surface area contributed by atoms with E-state index in [1.54, 1.807) is 0 Å². The molecule has 0 unspecified atom stereocenters. The number of carboxylic acids is 1. The van der Waals surface area contributed by atoms with Gasteiger partial charge in [0.15, 0.2) is 5.78 Å². The van der Waals surface area contributed by atoms with Gasteiger partial charge >= 0.3 is 5.97 Å². The SMILES string of the molecule is O=C(O)CCC(=O)[C@@H]1CCN1c1cc(F)ccc1F. The Morgan fingerprint density at radius 2 is 2.05 bits per heavy atom. The number of hydrogen-bond acceptors (Lipinski definition) is 3. The van der Waals surface area contributed by atoms with Crippen molar-refractivity contribution in [2.24, 2.45) is 0 Å². The van der Waals surface area contributed by atoms with E-state index < -0.39 is 23.6 Å². The first-order chi connectivity index (χ1) is 8.99. The third-order valence-electron chi connectivity index (χ3n) is 3.19. The molecule has 6 heteroatoms. The number of hydrogen-bond donors (Lipinski definition) is 1. The monoisotopic (exact) mass is 269 g/mol. The third kappa shape index (κ3) is 2.89. The van der Waals surface area contributed by atoms with Crippen molar-refractivity contribution in [1.29, 1.82) is 0 Å². The van der Waals surface area contributed by atoms with Crippen LogP contribution in [0, 0.1) is 11.6 Å². The minimum absolute atomic E-state index is 0.0555. The molecule has 1 aromatic carbocycles. The number of anilines is 1. The third-order valence-corrected chi connectivity index (χ3v) is 3.19. The fraction of sp³-hybridized carbons (Fsp3) is 0.385. The molecule has 0 amide bonds. The van der Waals surface area contributed by atoms with Crippen LogP contribution in [0.4, 0.5) is 14.5 Å². The van der Waals surface area contributed by atoms with Gasteiger partial charge in [0.2, 0.25) is 0 Å². The zero-order chi connectivity index (χ0) is 14.0. The first-order valence-electron chi connectivity index (χ1n) is 5.95. The average Bonchev–Trinajstić information content (AvgIpc) is 2.30. The summed E-state index contributed by atoms with van der Waals surface area (Å²) in [6.07, 6.45) is 0.205. The molecule has 0 spiro atoms. The molecule has 1 aliphatic rings. The number of nitrogens with zero attached hydrogens (tertiary/aromatic N) is 1. The highest BCUT2D eigenvalue weighted by Crippen LogP contribution is 2.30. The Hall–Kier alpha value is -1.98. The topological polar surface area (TPSA) is 57.6 Å². The molecule has 2 rings (SSSR count). The zero-order valence-corrected chi connectivity index (χ0v) is 10.1. The number of carbonyl (C=O) groups is 2. The Morgan fingerprint density at radius 1 is 1.32 bits per heavy atom. The summed E-state index contributed by atoms with van der Waals surface area (Å²) in [7, 11) is 0. The molecule has 1 heterocycles. The van der Waals surface area contributed by atoms with Crippen molar-refractivity contribution in [3.05, 3.63) is 29.8 Å². The molecule has 0 radical (unpaired) electrons. The van der Waals surface area contributed by atoms with Gasteiger partial charge in [-0.15, -0.1) is 0 Å². The van der Waals surface area contributed by atoms with Gasteiger partial charge in [0.05, 0.1) is 18.2 Å². The van der Waals surface area contributed by atoms with E-state index >= 15 is 0 Å². The summed E-state index contributed by atoms with van der Waals surface area (Å²) in [5.41, 5.74) is 0.0555. The Kier molecular flexibility index (Phi) is 3.78. The molecular weight excluding hydrogens is 256 g/mol. The van der Waals surface area contributed by atoms with Crippen LogP contribution in [-0.4, -0.2) is 29.4 Å². The maximum atomic E-state index is 13.6. The molecule has 4 nitrogen and oxygen atoms in total. The largest absolute Gasteiger partial charge is 0.481 e. The molecular formula is C13H13F2NO3. The first-order valence-corrected chi connectivity index (χ1v) is 5.95. The van der Waals surface area contributed by atoms with Crippen LogP contribution < -0.4 is 4.90 Å². The summed E-state index contributed by atoms with van der Waals surface area (Å²) in [5.74, 6) is -2.45. The second-order valence-electron chi connectivity index (χ2n) is 4.45. The van der Waals surface area contributed by atoms with Crippen molar-refractivity contribution in [1.82, 2.24) is 0 Å². The number of halogens is 2. The van der Waals surface area contributed by atoms with Gasteiger partial charge in [-0.3, -0.25) is 9.59 Å². The fourth-order valence-corrected chi connectivity index (χ4v) is 2.11. The van der Waals surface area contributed by atoms with Crippen molar-refractivity contribution in [2.45, 2.75) is 25.3 Å². The maximum Gasteiger partial charge on any atom is 0.303 e. The summed E-state index contributed by atoms with van der Waals surface area (Å²) < 4.78 is 26.7. The number of carboxylic acid groups (broad SMARTS) is 1. The lowest BCUT2D eigenvalue weighted by molar-refractivity contribution is -0.138. The molecule has 102 valence electrons. The highest BCUT2D eigenvalue weighted by atomic mass is 19.1. The number of rotatable bonds is 5. The van der Waals surface area contributed by atoms with Gasteiger partial charge in [0.25, 0.3) is 0 Å². The lowest BCUT2D eigenvalue weighted by Crippen LogP contribution is -2.53. The molecule has 0 aromatic heterocycles. The Labute approximate surface area is 108 Å². The molecule has 0 aliphatic carbocycles. The van der Waals surface area contributed by atoms with Gasteiger partial charge < -0.3 is 10.0 Å². The fourth-order valence-electron chi connectivity index (χ4n) is 2.11. The van der Waals surface area contributed by atoms with E-state index in [0.717, 1.165) is 18.2 Å². The van der Waals surface area contributed by atoms with Crippen molar-refractivity contribution < 1.29 is 23.5 Å². The number of aliphatic carboxylic acids is 1. The number of Topliss-reactive ketones (excluding diaryl/α,β-unsaturated/α-hetero) is 1. The predicted molar refractivity (Wildman–Crippen MR) is 64.0 cm³/mol. The molecule has 1 atom stereocenters. The van der Waals surface area contributed by atoms with Gasteiger partial charge in [-0.05, 0) is 18.6 Å². The van der Waals surface area contributed by atoms with E-state index in [1.165, 1.54) is 4.90 Å². The van der Waals surface area contributed by atoms with Crippen LogP contribution in [0.25, 0.3) is 0 Å². The Morgan fingerprint density at radius 3 is 2.63 bits per heavy atom. The summed E-state index contributed by atoms with van der Waals surface area (Å²) in [6, 6.07) is 2.53. The van der Waals surface area contributed by atoms with Crippen LogP contribution in [0.15, 0.2) is 18.2 Å². The molecule has 1 aromatic rings. The van der Waals surface area contributed by atoms with Gasteiger partial charge in [0.1, 0.15) is 11.6 Å². The van der Waals surface area contributed by atoms with Gasteiger partial charge in [-0.2, -0.15) is 0 Å². The second kappa shape index (κ2) is 5.34. The summed E-state index contributed by atoms with van der Waals surface area (Å²) >= 11 is 0. The van der Waals surface area contributed by atoms with E-state index in [0.29, 0.717) is 13.0 Å². The average molecular weight is 269 g/mol. The lowest BCUT2D eigenvalue weighted by Gasteiger charge is -2.41. The molecule has 19 heavy (non-hydrogen) atoms. The van der Waals surface area contributed by atoms with Crippen LogP contribution in [0.5, 0.6) is 0 Å². The molecule has 0 bridgehead atoms. The molecule has 0 saturated carbocycles. The van der Waals surface area contributed by atoms with Gasteiger partial charge in [-0.25, -0.2) is 8.78 Å². The van der Waals surface area contributed by atoms with Crippen molar-refractivity contribution >= 4 is 17.4 Å². The van der Waals surface area contributed by atoms with Crippen LogP contribution in [0.3, 0.4) is 0 Å². The highest BCUT2D eigenvalue weighted by molar-refractivity contribution is 5.90. The summed E-state index contributed by atoms with van der Waals surface area (Å²) in [5, 5.41) is 8.52. The Balaban J connectivity index is 2.07. The van der Waals surface area contributed by atoms with E-state index in [-0.39, 0.29) is 24.3 Å². The van der Waals surface area contributed by atoms with Gasteiger partial charge in [0, 0.05) is 19.0 Å². The molecule has 1 aliphatic heterocycles. The smallest absolute Gasteiger partial charge is 0.303 e. The number of ketones is 1. The van der Waals surface area contributed by atoms with E-state index in [4.69, 9.17) is 5.11 Å². The molecule has 1 saturated heterocycles. The van der Waals surface area contributed by atoms with E-state index in [2.05, 4.69) is 0 Å². The highest BCUT2D eigenvalue weighted by Gasteiger charge is 2.35. The predicted octanol–water partition coefficient (Wildman–Crippen LogP) is 1.98. The Bertz CT molecular complexity index is 519. The maximum absolute atomic E-state index is 13.6. The minimum Gasteiger partial charge on any atom is -0.481 e. The van der Waals surface area contributed by atoms with Crippen LogP contribution in [-0.2, 0) is 9.59 Å². The zero-order valence-electron chi connectivity index (χ0n) is 10.1. The van der Waals surface area contributed by atoms with E-state index in [9.17, 15) is 18.4 Å². The van der Waals surface area contributed by atoms with Crippen molar-refractivity contribution in [2.75, 3.05) is 11.4 Å². The second-order valence-corrected chi connectivity index (χ2v) is 4.45. The quantitative estimate of drug-likeness (QED) is 0.888. The number of carbonyl (C=O) groups excluding carboxylic acids is 1. The standard InChI is InChI=1S/C13H13F2NO3/c14-8-1-2-9(15)11(7-8)16-6-5-10(16)12(17)3-4-13(18)19/h1-2,7,10H,3-6H2,(H,18,19)/t10-/m0/s1. The van der Waals surface area contributed by atoms with Crippen LogP contribution in [0.2, 0.25) is 0 Å². The lowest BCUT2D eigenvalue weighted by atomic mass is 9.94. The van der Waals surface area contributed by atoms with Crippen molar-refractivity contribution in [3.8, 4) is 0 Å².